The van der Waals surface area contributed by atoms with E-state index in [9.17, 15) is 18.4 Å². The maximum absolute atomic E-state index is 13.1. The Morgan fingerprint density at radius 1 is 1.11 bits per heavy atom. The van der Waals surface area contributed by atoms with E-state index in [4.69, 9.17) is 13.9 Å². The van der Waals surface area contributed by atoms with E-state index in [-0.39, 0.29) is 12.1 Å². The van der Waals surface area contributed by atoms with E-state index in [1.807, 2.05) is 0 Å². The van der Waals surface area contributed by atoms with Crippen LogP contribution in [0.15, 0.2) is 47.1 Å². The largest absolute Gasteiger partial charge is 0.497 e. The van der Waals surface area contributed by atoms with E-state index in [1.165, 1.54) is 19.4 Å². The summed E-state index contributed by atoms with van der Waals surface area (Å²) in [5, 5.41) is 3.05. The number of fused-ring (bicyclic) bond motifs is 1. The molecular weight excluding hydrogens is 360 g/mol. The Kier molecular flexibility index (Phi) is 5.35. The van der Waals surface area contributed by atoms with Gasteiger partial charge in [0, 0.05) is 28.8 Å². The summed E-state index contributed by atoms with van der Waals surface area (Å²) in [6, 6.07) is 8.11. The molecule has 0 saturated carbocycles. The molecule has 1 amide bonds. The fraction of sp³-hybridized carbons (Fsp3) is 0.158. The highest BCUT2D eigenvalue weighted by atomic mass is 19.2. The number of carbonyl (C=O) groups excluding carboxylic acids is 2. The highest BCUT2D eigenvalue weighted by Gasteiger charge is 2.14. The van der Waals surface area contributed by atoms with Gasteiger partial charge >= 0.3 is 5.97 Å². The second-order valence-corrected chi connectivity index (χ2v) is 5.64. The maximum atomic E-state index is 13.1. The quantitative estimate of drug-likeness (QED) is 0.668. The summed E-state index contributed by atoms with van der Waals surface area (Å²) in [6.45, 7) is -0.554. The summed E-state index contributed by atoms with van der Waals surface area (Å²) in [6.07, 6.45) is 1.35. The molecule has 0 bridgehead atoms. The highest BCUT2D eigenvalue weighted by Crippen LogP contribution is 2.26. The number of amides is 1. The number of hydrogen-bond donors (Lipinski definition) is 1. The zero-order chi connectivity index (χ0) is 19.4. The smallest absolute Gasteiger partial charge is 0.310 e. The first-order chi connectivity index (χ1) is 13.0. The van der Waals surface area contributed by atoms with Crippen molar-refractivity contribution in [1.82, 2.24) is 0 Å². The molecule has 3 rings (SSSR count). The SMILES string of the molecule is COc1ccc2c(CC(=O)OCC(=O)Nc3ccc(F)c(F)c3)coc2c1. The number of ether oxygens (including phenoxy) is 2. The molecule has 2 aromatic carbocycles. The number of carbonyl (C=O) groups is 2. The zero-order valence-corrected chi connectivity index (χ0v) is 14.3. The molecular formula is C19H15F2NO5. The Morgan fingerprint density at radius 3 is 2.67 bits per heavy atom. The molecule has 27 heavy (non-hydrogen) atoms. The Labute approximate surface area is 152 Å². The van der Waals surface area contributed by atoms with E-state index in [0.717, 1.165) is 17.5 Å². The lowest BCUT2D eigenvalue weighted by Gasteiger charge is -2.07. The van der Waals surface area contributed by atoms with Gasteiger partial charge in [-0.25, -0.2) is 8.78 Å². The van der Waals surface area contributed by atoms with E-state index >= 15 is 0 Å². The van der Waals surface area contributed by atoms with Crippen LogP contribution in [0.5, 0.6) is 5.75 Å². The minimum Gasteiger partial charge on any atom is -0.497 e. The minimum atomic E-state index is -1.09. The molecule has 0 fully saturated rings. The predicted octanol–water partition coefficient (Wildman–Crippen LogP) is 3.44. The number of nitrogens with one attached hydrogen (secondary N) is 1. The van der Waals surface area contributed by atoms with Gasteiger partial charge in [0.1, 0.15) is 11.3 Å². The molecule has 0 aliphatic rings. The third kappa shape index (κ3) is 4.41. The van der Waals surface area contributed by atoms with Gasteiger partial charge in [-0.2, -0.15) is 0 Å². The van der Waals surface area contributed by atoms with Crippen LogP contribution in [0.2, 0.25) is 0 Å². The van der Waals surface area contributed by atoms with Crippen LogP contribution in [0.25, 0.3) is 11.0 Å². The van der Waals surface area contributed by atoms with Crippen LogP contribution in [0.3, 0.4) is 0 Å². The Balaban J connectivity index is 1.55. The van der Waals surface area contributed by atoms with Crippen LogP contribution in [-0.4, -0.2) is 25.6 Å². The van der Waals surface area contributed by atoms with Gasteiger partial charge in [0.15, 0.2) is 18.2 Å². The topological polar surface area (TPSA) is 77.8 Å². The fourth-order valence-corrected chi connectivity index (χ4v) is 2.45. The average Bonchev–Trinajstić information content (AvgIpc) is 3.05. The normalized spacial score (nSPS) is 10.6. The van der Waals surface area contributed by atoms with Crippen LogP contribution in [0.4, 0.5) is 14.5 Å². The molecule has 0 aliphatic heterocycles. The molecule has 3 aromatic rings. The van der Waals surface area contributed by atoms with Crippen molar-refractivity contribution in [3.05, 3.63) is 59.9 Å². The summed E-state index contributed by atoms with van der Waals surface area (Å²) >= 11 is 0. The number of esters is 1. The second-order valence-electron chi connectivity index (χ2n) is 5.64. The molecule has 0 unspecified atom stereocenters. The van der Waals surface area contributed by atoms with Gasteiger partial charge in [-0.1, -0.05) is 0 Å². The summed E-state index contributed by atoms with van der Waals surface area (Å²) in [4.78, 5) is 23.7. The number of rotatable bonds is 6. The van der Waals surface area contributed by atoms with Gasteiger partial charge in [-0.05, 0) is 24.3 Å². The van der Waals surface area contributed by atoms with Gasteiger partial charge in [-0.3, -0.25) is 9.59 Å². The first-order valence-corrected chi connectivity index (χ1v) is 7.91. The van der Waals surface area contributed by atoms with Crippen molar-refractivity contribution in [1.29, 1.82) is 0 Å². The van der Waals surface area contributed by atoms with E-state index in [2.05, 4.69) is 5.32 Å². The monoisotopic (exact) mass is 375 g/mol. The summed E-state index contributed by atoms with van der Waals surface area (Å²) < 4.78 is 41.4. The Hall–Kier alpha value is -3.42. The zero-order valence-electron chi connectivity index (χ0n) is 14.3. The molecule has 0 saturated heterocycles. The number of methoxy groups -OCH3 is 1. The third-order valence-electron chi connectivity index (χ3n) is 3.77. The molecule has 1 N–H and O–H groups in total. The third-order valence-corrected chi connectivity index (χ3v) is 3.77. The van der Waals surface area contributed by atoms with Crippen molar-refractivity contribution in [2.75, 3.05) is 19.0 Å². The van der Waals surface area contributed by atoms with Crippen molar-refractivity contribution >= 4 is 28.5 Å². The van der Waals surface area contributed by atoms with Crippen molar-refractivity contribution in [2.24, 2.45) is 0 Å². The molecule has 6 nitrogen and oxygen atoms in total. The number of benzene rings is 2. The summed E-state index contributed by atoms with van der Waals surface area (Å²) in [5.41, 5.74) is 1.23. The van der Waals surface area contributed by atoms with Gasteiger partial charge in [0.05, 0.1) is 19.8 Å². The number of hydrogen-bond acceptors (Lipinski definition) is 5. The standard InChI is InChI=1S/C19H15F2NO5/c1-25-13-3-4-14-11(9-26-17(14)8-13)6-19(24)27-10-18(23)22-12-2-5-15(20)16(21)7-12/h2-5,7-9H,6,10H2,1H3,(H,22,23). The Morgan fingerprint density at radius 2 is 1.93 bits per heavy atom. The molecule has 8 heteroatoms. The fourth-order valence-electron chi connectivity index (χ4n) is 2.45. The highest BCUT2D eigenvalue weighted by molar-refractivity contribution is 5.93. The van der Waals surface area contributed by atoms with Crippen LogP contribution in [0, 0.1) is 11.6 Å². The lowest BCUT2D eigenvalue weighted by Crippen LogP contribution is -2.21. The van der Waals surface area contributed by atoms with E-state index in [1.54, 1.807) is 18.2 Å². The lowest BCUT2D eigenvalue weighted by atomic mass is 10.1. The number of halogens is 2. The number of furan rings is 1. The van der Waals surface area contributed by atoms with Crippen molar-refractivity contribution in [3.63, 3.8) is 0 Å². The van der Waals surface area contributed by atoms with Crippen LogP contribution < -0.4 is 10.1 Å². The van der Waals surface area contributed by atoms with Gasteiger partial charge in [0.25, 0.3) is 5.91 Å². The molecule has 0 radical (unpaired) electrons. The van der Waals surface area contributed by atoms with Crippen LogP contribution >= 0.6 is 0 Å². The first-order valence-electron chi connectivity index (χ1n) is 7.91. The van der Waals surface area contributed by atoms with Crippen molar-refractivity contribution < 1.29 is 32.3 Å². The molecule has 1 heterocycles. The first kappa shape index (κ1) is 18.4. The molecule has 0 atom stereocenters. The van der Waals surface area contributed by atoms with Crippen molar-refractivity contribution in [2.45, 2.75) is 6.42 Å². The van der Waals surface area contributed by atoms with Gasteiger partial charge in [0.2, 0.25) is 0 Å². The molecule has 0 aliphatic carbocycles. The predicted molar refractivity (Wildman–Crippen MR) is 92.4 cm³/mol. The van der Waals surface area contributed by atoms with Crippen molar-refractivity contribution in [3.8, 4) is 5.75 Å². The lowest BCUT2D eigenvalue weighted by molar-refractivity contribution is -0.146. The van der Waals surface area contributed by atoms with Crippen LogP contribution in [0.1, 0.15) is 5.56 Å². The molecule has 0 spiro atoms. The minimum absolute atomic E-state index is 0.0599. The van der Waals surface area contributed by atoms with Gasteiger partial charge in [-0.15, -0.1) is 0 Å². The van der Waals surface area contributed by atoms with Gasteiger partial charge < -0.3 is 19.2 Å². The van der Waals surface area contributed by atoms with E-state index < -0.39 is 30.1 Å². The summed E-state index contributed by atoms with van der Waals surface area (Å²) in [5.74, 6) is -2.79. The maximum Gasteiger partial charge on any atom is 0.310 e. The molecule has 1 aromatic heterocycles. The van der Waals surface area contributed by atoms with Crippen LogP contribution in [-0.2, 0) is 20.7 Å². The number of anilines is 1. The summed E-state index contributed by atoms with van der Waals surface area (Å²) in [7, 11) is 1.54. The molecule has 140 valence electrons. The second kappa shape index (κ2) is 7.86. The van der Waals surface area contributed by atoms with E-state index in [0.29, 0.717) is 16.9 Å². The Bertz CT molecular complexity index is 999. The average molecular weight is 375 g/mol.